The number of rotatable bonds is 4. The summed E-state index contributed by atoms with van der Waals surface area (Å²) in [7, 11) is 1.59. The van der Waals surface area contributed by atoms with E-state index >= 15 is 0 Å². The van der Waals surface area contributed by atoms with E-state index in [0.717, 1.165) is 6.08 Å². The molecule has 0 unspecified atom stereocenters. The molecule has 10 heavy (non-hydrogen) atoms. The number of hydrogen-bond acceptors (Lipinski definition) is 3. The van der Waals surface area contributed by atoms with E-state index in [4.69, 9.17) is 5.84 Å². The molecule has 0 spiro atoms. The molecule has 0 saturated carbocycles. The molecule has 0 fully saturated rings. The zero-order valence-corrected chi connectivity index (χ0v) is 5.96. The zero-order chi connectivity index (χ0) is 7.98. The number of esters is 1. The van der Waals surface area contributed by atoms with Crippen molar-refractivity contribution in [3.05, 3.63) is 18.5 Å². The summed E-state index contributed by atoms with van der Waals surface area (Å²) in [5.41, 5.74) is 0. The van der Waals surface area contributed by atoms with Gasteiger partial charge in [0, 0.05) is 12.6 Å². The first kappa shape index (κ1) is 9.13. The maximum Gasteiger partial charge on any atom is 0.330 e. The first-order chi connectivity index (χ1) is 4.66. The molecule has 0 radical (unpaired) electrons. The van der Waals surface area contributed by atoms with Crippen LogP contribution in [0.15, 0.2) is 12.7 Å². The summed E-state index contributed by atoms with van der Waals surface area (Å²) in [4.78, 5) is 10.4. The minimum absolute atomic E-state index is 0.241. The summed E-state index contributed by atoms with van der Waals surface area (Å²) in [6, 6.07) is 0. The van der Waals surface area contributed by atoms with Crippen molar-refractivity contribution < 1.29 is 9.53 Å². The third kappa shape index (κ3) is 5.27. The summed E-state index contributed by atoms with van der Waals surface area (Å²) in [5.74, 6) is 6.45. The van der Waals surface area contributed by atoms with Gasteiger partial charge >= 0.3 is 5.97 Å². The van der Waals surface area contributed by atoms with Crippen molar-refractivity contribution in [2.24, 2.45) is 0 Å². The van der Waals surface area contributed by atoms with Gasteiger partial charge in [0.15, 0.2) is 0 Å². The molecule has 1 N–H and O–H groups in total. The Bertz CT molecular complexity index is 123. The Hall–Kier alpha value is -0.870. The van der Waals surface area contributed by atoms with Crippen LogP contribution in [0.1, 0.15) is 0 Å². The summed E-state index contributed by atoms with van der Waals surface area (Å²) in [6.07, 6.45) is 1.10. The Morgan fingerprint density at radius 1 is 1.90 bits per heavy atom. The first-order valence-corrected chi connectivity index (χ1v) is 2.88. The van der Waals surface area contributed by atoms with Crippen LogP contribution in [0, 0.1) is 0 Å². The van der Waals surface area contributed by atoms with Gasteiger partial charge in [0.25, 0.3) is 0 Å². The van der Waals surface area contributed by atoms with Gasteiger partial charge in [-0.15, -0.1) is 0 Å². The van der Waals surface area contributed by atoms with E-state index in [1.807, 2.05) is 0 Å². The second-order valence-electron chi connectivity index (χ2n) is 1.79. The third-order valence-corrected chi connectivity index (χ3v) is 0.838. The van der Waals surface area contributed by atoms with Gasteiger partial charge in [-0.25, -0.2) is 4.79 Å². The molecular formula is C6H11N2O2-. The van der Waals surface area contributed by atoms with Gasteiger partial charge in [-0.05, 0) is 7.05 Å². The van der Waals surface area contributed by atoms with E-state index in [-0.39, 0.29) is 6.61 Å². The lowest BCUT2D eigenvalue weighted by Crippen LogP contribution is -2.16. The van der Waals surface area contributed by atoms with Gasteiger partial charge in [-0.1, -0.05) is 6.58 Å². The summed E-state index contributed by atoms with van der Waals surface area (Å²) < 4.78 is 4.58. The molecule has 0 rings (SSSR count). The monoisotopic (exact) mass is 143 g/mol. The SMILES string of the molecule is C=CC(=O)OCCN(C)[NH-]. The third-order valence-electron chi connectivity index (χ3n) is 0.838. The molecule has 0 atom stereocenters. The van der Waals surface area contributed by atoms with Crippen LogP contribution >= 0.6 is 0 Å². The van der Waals surface area contributed by atoms with Crippen LogP contribution in [0.4, 0.5) is 0 Å². The van der Waals surface area contributed by atoms with E-state index in [2.05, 4.69) is 11.3 Å². The van der Waals surface area contributed by atoms with Gasteiger partial charge in [-0.3, -0.25) is 0 Å². The predicted molar refractivity (Wildman–Crippen MR) is 38.1 cm³/mol. The van der Waals surface area contributed by atoms with Crippen molar-refractivity contribution in [3.63, 3.8) is 0 Å². The Morgan fingerprint density at radius 2 is 2.50 bits per heavy atom. The fourth-order valence-electron chi connectivity index (χ4n) is 0.342. The molecule has 0 aliphatic carbocycles. The van der Waals surface area contributed by atoms with Crippen LogP contribution in [0.3, 0.4) is 0 Å². The second kappa shape index (κ2) is 4.96. The first-order valence-electron chi connectivity index (χ1n) is 2.88. The quantitative estimate of drug-likeness (QED) is 0.329. The smallest absolute Gasteiger partial charge is 0.330 e. The van der Waals surface area contributed by atoms with E-state index in [1.54, 1.807) is 7.05 Å². The van der Waals surface area contributed by atoms with Crippen LogP contribution in [-0.2, 0) is 9.53 Å². The summed E-state index contributed by atoms with van der Waals surface area (Å²) in [5, 5.41) is 1.19. The maximum absolute atomic E-state index is 10.4. The van der Waals surface area contributed by atoms with Crippen molar-refractivity contribution in [2.75, 3.05) is 20.2 Å². The number of likely N-dealkylation sites (N-methyl/N-ethyl adjacent to an activating group) is 1. The highest BCUT2D eigenvalue weighted by atomic mass is 16.5. The van der Waals surface area contributed by atoms with E-state index in [9.17, 15) is 4.79 Å². The lowest BCUT2D eigenvalue weighted by molar-refractivity contribution is -0.137. The molecule has 0 bridgehead atoms. The van der Waals surface area contributed by atoms with Gasteiger partial charge < -0.3 is 15.6 Å². The van der Waals surface area contributed by atoms with Crippen LogP contribution in [0.5, 0.6) is 0 Å². The summed E-state index contributed by atoms with van der Waals surface area (Å²) in [6.45, 7) is 3.88. The van der Waals surface area contributed by atoms with Gasteiger partial charge in [-0.2, -0.15) is 0 Å². The molecule has 0 aromatic rings. The van der Waals surface area contributed by atoms with E-state index < -0.39 is 5.97 Å². The van der Waals surface area contributed by atoms with Gasteiger partial charge in [0.1, 0.15) is 6.61 Å². The molecule has 0 aromatic carbocycles. The minimum Gasteiger partial charge on any atom is -0.610 e. The van der Waals surface area contributed by atoms with Crippen molar-refractivity contribution >= 4 is 5.97 Å². The molecule has 4 nitrogen and oxygen atoms in total. The Morgan fingerprint density at radius 3 is 2.90 bits per heavy atom. The number of hydrogen-bond donors (Lipinski definition) is 0. The highest BCUT2D eigenvalue weighted by Gasteiger charge is 1.92. The Labute approximate surface area is 60.2 Å². The van der Waals surface area contributed by atoms with Gasteiger partial charge in [0.2, 0.25) is 0 Å². The number of nitrogens with zero attached hydrogens (tertiary/aromatic N) is 1. The molecule has 58 valence electrons. The standard InChI is InChI=1S/C6H11N2O2/c1-3-6(9)10-5-4-8(2)7/h3,7H,1,4-5H2,2H3/q-1. The molecule has 0 heterocycles. The van der Waals surface area contributed by atoms with Crippen LogP contribution in [0.2, 0.25) is 0 Å². The molecule has 0 saturated heterocycles. The van der Waals surface area contributed by atoms with Crippen molar-refractivity contribution in [2.45, 2.75) is 0 Å². The maximum atomic E-state index is 10.4. The number of ether oxygens (including phenoxy) is 1. The minimum atomic E-state index is -0.443. The Balaban J connectivity index is 3.19. The highest BCUT2D eigenvalue weighted by Crippen LogP contribution is 1.82. The summed E-state index contributed by atoms with van der Waals surface area (Å²) >= 11 is 0. The molecular weight excluding hydrogens is 132 g/mol. The van der Waals surface area contributed by atoms with Crippen molar-refractivity contribution in [1.82, 2.24) is 5.01 Å². The van der Waals surface area contributed by atoms with Crippen molar-refractivity contribution in [1.29, 1.82) is 0 Å². The highest BCUT2D eigenvalue weighted by molar-refractivity contribution is 5.81. The Kier molecular flexibility index (Phi) is 4.53. The van der Waals surface area contributed by atoms with E-state index in [0.29, 0.717) is 6.54 Å². The topological polar surface area (TPSA) is 53.3 Å². The largest absolute Gasteiger partial charge is 0.610 e. The molecule has 0 aliphatic heterocycles. The second-order valence-corrected chi connectivity index (χ2v) is 1.79. The van der Waals surface area contributed by atoms with Crippen molar-refractivity contribution in [3.8, 4) is 0 Å². The van der Waals surface area contributed by atoms with E-state index in [1.165, 1.54) is 5.01 Å². The average molecular weight is 143 g/mol. The number of carbonyl (C=O) groups excluding carboxylic acids is 1. The fraction of sp³-hybridized carbons (Fsp3) is 0.500. The predicted octanol–water partition coefficient (Wildman–Crippen LogP) is 0.615. The average Bonchev–Trinajstić information content (AvgIpc) is 1.87. The molecule has 0 aromatic heterocycles. The van der Waals surface area contributed by atoms with Gasteiger partial charge in [0.05, 0.1) is 0 Å². The normalized spacial score (nSPS) is 9.50. The van der Waals surface area contributed by atoms with Crippen LogP contribution < -0.4 is 0 Å². The molecule has 0 amide bonds. The molecule has 4 heteroatoms. The lowest BCUT2D eigenvalue weighted by atomic mass is 10.6. The lowest BCUT2D eigenvalue weighted by Gasteiger charge is -2.18. The zero-order valence-electron chi connectivity index (χ0n) is 5.96. The van der Waals surface area contributed by atoms with Crippen LogP contribution in [0.25, 0.3) is 5.84 Å². The fourth-order valence-corrected chi connectivity index (χ4v) is 0.342. The number of nitrogens with one attached hydrogen (secondary N) is 1. The molecule has 0 aliphatic rings. The van der Waals surface area contributed by atoms with Crippen LogP contribution in [-0.4, -0.2) is 31.2 Å². The number of carbonyl (C=O) groups is 1.